The van der Waals surface area contributed by atoms with Gasteiger partial charge >= 0.3 is 5.97 Å². The van der Waals surface area contributed by atoms with E-state index in [2.05, 4.69) is 0 Å². The van der Waals surface area contributed by atoms with E-state index in [1.807, 2.05) is 0 Å². The van der Waals surface area contributed by atoms with Gasteiger partial charge in [0.05, 0.1) is 22.6 Å². The molecule has 0 spiro atoms. The molecule has 0 bridgehead atoms. The third-order valence-corrected chi connectivity index (χ3v) is 3.76. The first-order valence-electron chi connectivity index (χ1n) is 7.12. The number of rotatable bonds is 6. The van der Waals surface area contributed by atoms with Crippen molar-refractivity contribution < 1.29 is 24.0 Å². The van der Waals surface area contributed by atoms with Gasteiger partial charge in [0.2, 0.25) is 0 Å². The van der Waals surface area contributed by atoms with Crippen LogP contribution >= 0.6 is 11.6 Å². The third kappa shape index (κ3) is 4.33. The molecule has 0 heterocycles. The van der Waals surface area contributed by atoms with Crippen LogP contribution in [0.1, 0.15) is 33.2 Å². The zero-order chi connectivity index (χ0) is 18.6. The van der Waals surface area contributed by atoms with E-state index in [1.165, 1.54) is 26.2 Å². The number of nitrogens with zero attached hydrogens (tertiary/aromatic N) is 1. The van der Waals surface area contributed by atoms with Gasteiger partial charge in [-0.25, -0.2) is 4.79 Å². The summed E-state index contributed by atoms with van der Waals surface area (Å²) in [6.45, 7) is 1.24. The van der Waals surface area contributed by atoms with Crippen LogP contribution in [0, 0.1) is 10.1 Å². The number of hydrogen-bond donors (Lipinski definition) is 0. The average molecular weight is 364 g/mol. The van der Waals surface area contributed by atoms with Gasteiger partial charge < -0.3 is 9.47 Å². The summed E-state index contributed by atoms with van der Waals surface area (Å²) in [5.74, 6) is -0.510. The molecule has 2 rings (SSSR count). The van der Waals surface area contributed by atoms with Gasteiger partial charge in [0.15, 0.2) is 5.78 Å². The lowest BCUT2D eigenvalue weighted by molar-refractivity contribution is -0.384. The predicted octanol–water partition coefficient (Wildman–Crippen LogP) is 3.82. The molecule has 0 unspecified atom stereocenters. The second-order valence-electron chi connectivity index (χ2n) is 5.08. The minimum Gasteiger partial charge on any atom is -0.496 e. The lowest BCUT2D eigenvalue weighted by Crippen LogP contribution is -2.08. The SMILES string of the molecule is COc1ccc(C(C)=O)cc1COC(=O)c1cc([N+](=O)[O-])ccc1Cl. The molecule has 0 atom stereocenters. The average Bonchev–Trinajstić information content (AvgIpc) is 2.59. The van der Waals surface area contributed by atoms with Crippen molar-refractivity contribution >= 4 is 29.0 Å². The topological polar surface area (TPSA) is 95.7 Å². The number of nitro benzene ring substituents is 1. The smallest absolute Gasteiger partial charge is 0.340 e. The molecule has 0 aliphatic heterocycles. The Morgan fingerprint density at radius 3 is 2.52 bits per heavy atom. The molecule has 0 fully saturated rings. The van der Waals surface area contributed by atoms with Crippen molar-refractivity contribution in [3.63, 3.8) is 0 Å². The van der Waals surface area contributed by atoms with Crippen LogP contribution < -0.4 is 4.74 Å². The van der Waals surface area contributed by atoms with E-state index in [-0.39, 0.29) is 28.7 Å². The molecule has 0 aromatic heterocycles. The van der Waals surface area contributed by atoms with Crippen LogP contribution in [0.4, 0.5) is 5.69 Å². The predicted molar refractivity (Wildman–Crippen MR) is 90.2 cm³/mol. The van der Waals surface area contributed by atoms with Gasteiger partial charge in [0.25, 0.3) is 5.69 Å². The molecule has 7 nitrogen and oxygen atoms in total. The van der Waals surface area contributed by atoms with Crippen LogP contribution in [0.5, 0.6) is 5.75 Å². The monoisotopic (exact) mass is 363 g/mol. The first-order chi connectivity index (χ1) is 11.8. The lowest BCUT2D eigenvalue weighted by Gasteiger charge is -2.11. The molecule has 8 heteroatoms. The highest BCUT2D eigenvalue weighted by atomic mass is 35.5. The number of ether oxygens (including phenoxy) is 2. The lowest BCUT2D eigenvalue weighted by atomic mass is 10.1. The summed E-state index contributed by atoms with van der Waals surface area (Å²) in [7, 11) is 1.45. The van der Waals surface area contributed by atoms with Crippen molar-refractivity contribution in [1.29, 1.82) is 0 Å². The molecule has 0 amide bonds. The summed E-state index contributed by atoms with van der Waals surface area (Å²) >= 11 is 5.91. The number of carbonyl (C=O) groups excluding carboxylic acids is 2. The number of carbonyl (C=O) groups is 2. The van der Waals surface area contributed by atoms with Crippen LogP contribution in [-0.2, 0) is 11.3 Å². The molecule has 0 saturated carbocycles. The van der Waals surface area contributed by atoms with Gasteiger partial charge in [0.1, 0.15) is 12.4 Å². The van der Waals surface area contributed by atoms with E-state index in [0.29, 0.717) is 16.9 Å². The van der Waals surface area contributed by atoms with Gasteiger partial charge in [-0.15, -0.1) is 0 Å². The minimum absolute atomic E-state index is 0.0417. The first kappa shape index (κ1) is 18.4. The standard InChI is InChI=1S/C17H14ClNO6/c1-10(20)11-3-6-16(24-2)12(7-11)9-25-17(21)14-8-13(19(22)23)4-5-15(14)18/h3-8H,9H2,1-2H3. The summed E-state index contributed by atoms with van der Waals surface area (Å²) in [5.41, 5.74) is 0.551. The Morgan fingerprint density at radius 2 is 1.92 bits per heavy atom. The Labute approximate surface area is 148 Å². The normalized spacial score (nSPS) is 10.2. The Morgan fingerprint density at radius 1 is 1.20 bits per heavy atom. The van der Waals surface area contributed by atoms with Crippen LogP contribution in [0.15, 0.2) is 36.4 Å². The van der Waals surface area contributed by atoms with Crippen molar-refractivity contribution in [2.75, 3.05) is 7.11 Å². The van der Waals surface area contributed by atoms with E-state index in [9.17, 15) is 19.7 Å². The summed E-state index contributed by atoms with van der Waals surface area (Å²) < 4.78 is 10.3. The van der Waals surface area contributed by atoms with Crippen molar-refractivity contribution in [3.8, 4) is 5.75 Å². The number of nitro groups is 1. The highest BCUT2D eigenvalue weighted by Gasteiger charge is 2.18. The van der Waals surface area contributed by atoms with Crippen molar-refractivity contribution in [1.82, 2.24) is 0 Å². The Bertz CT molecular complexity index is 849. The minimum atomic E-state index is -0.816. The summed E-state index contributed by atoms with van der Waals surface area (Å²) in [5, 5.41) is 10.9. The molecule has 25 heavy (non-hydrogen) atoms. The van der Waals surface area contributed by atoms with Crippen LogP contribution in [0.3, 0.4) is 0 Å². The van der Waals surface area contributed by atoms with E-state index in [0.717, 1.165) is 6.07 Å². The van der Waals surface area contributed by atoms with Gasteiger partial charge in [-0.2, -0.15) is 0 Å². The fraction of sp³-hybridized carbons (Fsp3) is 0.176. The zero-order valence-electron chi connectivity index (χ0n) is 13.4. The number of Topliss-reactive ketones (excluding diaryl/α,β-unsaturated/α-hetero) is 1. The number of esters is 1. The quantitative estimate of drug-likeness (QED) is 0.335. The largest absolute Gasteiger partial charge is 0.496 e. The summed E-state index contributed by atoms with van der Waals surface area (Å²) in [4.78, 5) is 33.8. The van der Waals surface area contributed by atoms with Gasteiger partial charge in [-0.3, -0.25) is 14.9 Å². The summed E-state index contributed by atoms with van der Waals surface area (Å²) in [6.07, 6.45) is 0. The fourth-order valence-corrected chi connectivity index (χ4v) is 2.31. The molecule has 130 valence electrons. The van der Waals surface area contributed by atoms with Crippen LogP contribution in [-0.4, -0.2) is 23.8 Å². The molecule has 2 aromatic carbocycles. The molecule has 0 N–H and O–H groups in total. The Balaban J connectivity index is 2.23. The maximum absolute atomic E-state index is 12.2. The van der Waals surface area contributed by atoms with E-state index in [4.69, 9.17) is 21.1 Å². The highest BCUT2D eigenvalue weighted by Crippen LogP contribution is 2.25. The van der Waals surface area contributed by atoms with Crippen molar-refractivity contribution in [3.05, 3.63) is 68.2 Å². The number of ketones is 1. The molecule has 0 radical (unpaired) electrons. The maximum atomic E-state index is 12.2. The van der Waals surface area contributed by atoms with E-state index in [1.54, 1.807) is 18.2 Å². The molecule has 2 aromatic rings. The Kier molecular flexibility index (Phi) is 5.71. The number of hydrogen-bond acceptors (Lipinski definition) is 6. The third-order valence-electron chi connectivity index (χ3n) is 3.43. The number of methoxy groups -OCH3 is 1. The van der Waals surface area contributed by atoms with Gasteiger partial charge in [0, 0.05) is 23.3 Å². The molecular weight excluding hydrogens is 350 g/mol. The second-order valence-corrected chi connectivity index (χ2v) is 5.49. The van der Waals surface area contributed by atoms with Gasteiger partial charge in [-0.1, -0.05) is 11.6 Å². The van der Waals surface area contributed by atoms with Crippen LogP contribution in [0.25, 0.3) is 0 Å². The Hall–Kier alpha value is -2.93. The molecule has 0 aliphatic carbocycles. The summed E-state index contributed by atoms with van der Waals surface area (Å²) in [6, 6.07) is 8.26. The zero-order valence-corrected chi connectivity index (χ0v) is 14.2. The van der Waals surface area contributed by atoms with Crippen molar-refractivity contribution in [2.24, 2.45) is 0 Å². The molecule has 0 aliphatic rings. The number of benzene rings is 2. The van der Waals surface area contributed by atoms with Crippen LogP contribution in [0.2, 0.25) is 5.02 Å². The fourth-order valence-electron chi connectivity index (χ4n) is 2.11. The first-order valence-corrected chi connectivity index (χ1v) is 7.50. The molecular formula is C17H14ClNO6. The maximum Gasteiger partial charge on any atom is 0.340 e. The highest BCUT2D eigenvalue weighted by molar-refractivity contribution is 6.33. The second kappa shape index (κ2) is 7.76. The number of non-ortho nitro benzene ring substituents is 1. The van der Waals surface area contributed by atoms with E-state index < -0.39 is 10.9 Å². The van der Waals surface area contributed by atoms with E-state index >= 15 is 0 Å². The molecule has 0 saturated heterocycles. The number of halogens is 1. The van der Waals surface area contributed by atoms with Crippen molar-refractivity contribution in [2.45, 2.75) is 13.5 Å². The van der Waals surface area contributed by atoms with Gasteiger partial charge in [-0.05, 0) is 31.2 Å².